The molecule has 4 heteroatoms. The van der Waals surface area contributed by atoms with Gasteiger partial charge in [-0.25, -0.2) is 8.42 Å². The molecule has 0 bridgehead atoms. The van der Waals surface area contributed by atoms with E-state index < -0.39 is 10.0 Å². The second kappa shape index (κ2) is 9.35. The van der Waals surface area contributed by atoms with Crippen molar-refractivity contribution in [2.45, 2.75) is 63.7 Å². The molecule has 1 aliphatic rings. The maximum atomic E-state index is 12.8. The molecular weight excluding hydrogens is 330 g/mol. The third kappa shape index (κ3) is 5.55. The Morgan fingerprint density at radius 1 is 1.04 bits per heavy atom. The molecule has 2 rings (SSSR count). The summed E-state index contributed by atoms with van der Waals surface area (Å²) in [5.41, 5.74) is 3.08. The number of benzene rings is 1. The highest BCUT2D eigenvalue weighted by atomic mass is 32.2. The first-order valence-electron chi connectivity index (χ1n) is 9.39. The molecule has 0 N–H and O–H groups in total. The fraction of sp³-hybridized carbons (Fsp3) is 0.524. The van der Waals surface area contributed by atoms with Gasteiger partial charge in [-0.2, -0.15) is 4.31 Å². The van der Waals surface area contributed by atoms with E-state index in [-0.39, 0.29) is 0 Å². The molecular formula is C21H31NO2S. The lowest BCUT2D eigenvalue weighted by atomic mass is 10.1. The molecule has 0 atom stereocenters. The minimum Gasteiger partial charge on any atom is -0.207 e. The van der Waals surface area contributed by atoms with Crippen LogP contribution in [0.1, 0.15) is 57.4 Å². The summed E-state index contributed by atoms with van der Waals surface area (Å²) in [6.07, 6.45) is 10.8. The first kappa shape index (κ1) is 19.9. The first-order chi connectivity index (χ1) is 11.9. The van der Waals surface area contributed by atoms with Crippen molar-refractivity contribution in [3.05, 3.63) is 53.6 Å². The highest BCUT2D eigenvalue weighted by Gasteiger charge is 2.31. The van der Waals surface area contributed by atoms with E-state index in [0.29, 0.717) is 18.0 Å². The van der Waals surface area contributed by atoms with Crippen LogP contribution in [-0.4, -0.2) is 25.8 Å². The standard InChI is InChI=1S/C21H31NO2S/c1-4-5-6-7-8-9-10-11-20-17-22(16-19(20)3)25(23,24)21-14-12-18(2)13-15-21/h11-15H,3-10,16-17H2,1-2H3/b20-11-. The number of allylic oxidation sites excluding steroid dienone is 1. The molecule has 0 radical (unpaired) electrons. The van der Waals surface area contributed by atoms with Crippen molar-refractivity contribution in [2.24, 2.45) is 0 Å². The van der Waals surface area contributed by atoms with Crippen molar-refractivity contribution in [3.63, 3.8) is 0 Å². The molecule has 1 aliphatic heterocycles. The number of rotatable bonds is 9. The van der Waals surface area contributed by atoms with Gasteiger partial charge in [-0.15, -0.1) is 0 Å². The number of sulfonamides is 1. The van der Waals surface area contributed by atoms with Crippen LogP contribution < -0.4 is 0 Å². The van der Waals surface area contributed by atoms with Gasteiger partial charge in [0.25, 0.3) is 0 Å². The van der Waals surface area contributed by atoms with Gasteiger partial charge in [0, 0.05) is 13.1 Å². The van der Waals surface area contributed by atoms with Crippen molar-refractivity contribution in [2.75, 3.05) is 13.1 Å². The lowest BCUT2D eigenvalue weighted by Gasteiger charge is -2.15. The molecule has 0 spiro atoms. The van der Waals surface area contributed by atoms with E-state index in [4.69, 9.17) is 0 Å². The first-order valence-corrected chi connectivity index (χ1v) is 10.8. The predicted molar refractivity (Wildman–Crippen MR) is 105 cm³/mol. The van der Waals surface area contributed by atoms with E-state index in [9.17, 15) is 8.42 Å². The van der Waals surface area contributed by atoms with Crippen LogP contribution in [0.4, 0.5) is 0 Å². The van der Waals surface area contributed by atoms with E-state index in [1.54, 1.807) is 12.1 Å². The van der Waals surface area contributed by atoms with Gasteiger partial charge in [-0.1, -0.05) is 69.4 Å². The van der Waals surface area contributed by atoms with Gasteiger partial charge < -0.3 is 0 Å². The normalized spacial score (nSPS) is 17.5. The molecule has 1 fully saturated rings. The maximum absolute atomic E-state index is 12.8. The Bertz CT molecular complexity index is 702. The molecule has 1 aromatic carbocycles. The molecule has 0 unspecified atom stereocenters. The SMILES string of the molecule is C=C1CN(S(=O)(=O)c2ccc(C)cc2)C/C1=C/CCCCCCCC. The largest absolute Gasteiger partial charge is 0.243 e. The summed E-state index contributed by atoms with van der Waals surface area (Å²) in [6, 6.07) is 7.05. The van der Waals surface area contributed by atoms with Crippen LogP contribution in [0.3, 0.4) is 0 Å². The Morgan fingerprint density at radius 3 is 2.36 bits per heavy atom. The molecule has 1 aromatic rings. The van der Waals surface area contributed by atoms with Crippen LogP contribution in [-0.2, 0) is 10.0 Å². The van der Waals surface area contributed by atoms with Gasteiger partial charge in [-0.05, 0) is 43.0 Å². The van der Waals surface area contributed by atoms with Crippen molar-refractivity contribution < 1.29 is 8.42 Å². The highest BCUT2D eigenvalue weighted by molar-refractivity contribution is 7.89. The molecule has 25 heavy (non-hydrogen) atoms. The maximum Gasteiger partial charge on any atom is 0.243 e. The van der Waals surface area contributed by atoms with Crippen LogP contribution in [0.15, 0.2) is 53.0 Å². The van der Waals surface area contributed by atoms with E-state index in [1.807, 2.05) is 19.1 Å². The number of aryl methyl sites for hydroxylation is 1. The van der Waals surface area contributed by atoms with Crippen LogP contribution in [0, 0.1) is 6.92 Å². The third-order valence-electron chi connectivity index (χ3n) is 4.78. The predicted octanol–water partition coefficient (Wildman–Crippen LogP) is 5.23. The summed E-state index contributed by atoms with van der Waals surface area (Å²) in [6.45, 7) is 9.11. The molecule has 3 nitrogen and oxygen atoms in total. The second-order valence-corrected chi connectivity index (χ2v) is 8.91. The average molecular weight is 362 g/mol. The fourth-order valence-corrected chi connectivity index (χ4v) is 4.52. The monoisotopic (exact) mass is 361 g/mol. The minimum atomic E-state index is -3.44. The zero-order chi connectivity index (χ0) is 18.3. The number of hydrogen-bond donors (Lipinski definition) is 0. The van der Waals surface area contributed by atoms with Crippen LogP contribution in [0.25, 0.3) is 0 Å². The fourth-order valence-electron chi connectivity index (χ4n) is 3.11. The quantitative estimate of drug-likeness (QED) is 0.565. The summed E-state index contributed by atoms with van der Waals surface area (Å²) in [5.74, 6) is 0. The van der Waals surface area contributed by atoms with Crippen molar-refractivity contribution in [1.29, 1.82) is 0 Å². The molecule has 0 saturated carbocycles. The van der Waals surface area contributed by atoms with E-state index in [0.717, 1.165) is 23.1 Å². The molecule has 1 saturated heterocycles. The van der Waals surface area contributed by atoms with E-state index in [1.165, 1.54) is 42.8 Å². The molecule has 1 heterocycles. The van der Waals surface area contributed by atoms with Crippen LogP contribution in [0.2, 0.25) is 0 Å². The lowest BCUT2D eigenvalue weighted by Crippen LogP contribution is -2.28. The highest BCUT2D eigenvalue weighted by Crippen LogP contribution is 2.27. The second-order valence-electron chi connectivity index (χ2n) is 6.98. The average Bonchev–Trinajstić information content (AvgIpc) is 2.96. The van der Waals surface area contributed by atoms with Crippen molar-refractivity contribution >= 4 is 10.0 Å². The van der Waals surface area contributed by atoms with Gasteiger partial charge >= 0.3 is 0 Å². The number of nitrogens with zero attached hydrogens (tertiary/aromatic N) is 1. The summed E-state index contributed by atoms with van der Waals surface area (Å²) in [4.78, 5) is 0.364. The van der Waals surface area contributed by atoms with Gasteiger partial charge in [-0.3, -0.25) is 0 Å². The lowest BCUT2D eigenvalue weighted by molar-refractivity contribution is 0.489. The molecule has 138 valence electrons. The Kier molecular flexibility index (Phi) is 7.45. The number of unbranched alkanes of at least 4 members (excludes halogenated alkanes) is 6. The summed E-state index contributed by atoms with van der Waals surface area (Å²) >= 11 is 0. The molecule has 0 aliphatic carbocycles. The Morgan fingerprint density at radius 2 is 1.68 bits per heavy atom. The van der Waals surface area contributed by atoms with Gasteiger partial charge in [0.1, 0.15) is 0 Å². The smallest absolute Gasteiger partial charge is 0.207 e. The zero-order valence-electron chi connectivity index (χ0n) is 15.6. The third-order valence-corrected chi connectivity index (χ3v) is 6.58. The van der Waals surface area contributed by atoms with Gasteiger partial charge in [0.2, 0.25) is 10.0 Å². The topological polar surface area (TPSA) is 37.4 Å². The van der Waals surface area contributed by atoms with Gasteiger partial charge in [0.05, 0.1) is 4.90 Å². The number of hydrogen-bond acceptors (Lipinski definition) is 2. The van der Waals surface area contributed by atoms with E-state index in [2.05, 4.69) is 19.6 Å². The van der Waals surface area contributed by atoms with Crippen LogP contribution in [0.5, 0.6) is 0 Å². The van der Waals surface area contributed by atoms with E-state index >= 15 is 0 Å². The van der Waals surface area contributed by atoms with Crippen molar-refractivity contribution in [3.8, 4) is 0 Å². The van der Waals surface area contributed by atoms with Gasteiger partial charge in [0.15, 0.2) is 0 Å². The Labute approximate surface area is 153 Å². The van der Waals surface area contributed by atoms with Crippen molar-refractivity contribution in [1.82, 2.24) is 4.31 Å². The molecule has 0 amide bonds. The Balaban J connectivity index is 1.90. The summed E-state index contributed by atoms with van der Waals surface area (Å²) < 4.78 is 27.1. The Hall–Kier alpha value is -1.39. The molecule has 0 aromatic heterocycles. The minimum absolute atomic E-state index is 0.364. The summed E-state index contributed by atoms with van der Waals surface area (Å²) in [7, 11) is -3.44. The summed E-state index contributed by atoms with van der Waals surface area (Å²) in [5, 5.41) is 0. The van der Waals surface area contributed by atoms with Crippen LogP contribution >= 0.6 is 0 Å². The zero-order valence-corrected chi connectivity index (χ0v) is 16.4.